The van der Waals surface area contributed by atoms with Gasteiger partial charge in [0, 0.05) is 5.92 Å². The quantitative estimate of drug-likeness (QED) is 0.698. The molecule has 0 radical (unpaired) electrons. The Morgan fingerprint density at radius 2 is 2.13 bits per heavy atom. The van der Waals surface area contributed by atoms with Gasteiger partial charge in [-0.05, 0) is 29.7 Å². The number of allylic oxidation sites excluding steroid dienone is 3. The van der Waals surface area contributed by atoms with Crippen molar-refractivity contribution in [2.75, 3.05) is 0 Å². The molecule has 0 heterocycles. The Hall–Kier alpha value is -0.560. The smallest absolute Gasteiger partial charge is 0.0617 e. The highest BCUT2D eigenvalue weighted by Gasteiger charge is 2.37. The van der Waals surface area contributed by atoms with Crippen LogP contribution in [0.25, 0.3) is 0 Å². The first kappa shape index (κ1) is 10.9. The number of hydrogen-bond donors (Lipinski definition) is 1. The molecule has 2 aliphatic carbocycles. The van der Waals surface area contributed by atoms with E-state index in [9.17, 15) is 5.11 Å². The predicted octanol–water partition coefficient (Wildman–Crippen LogP) is 3.16. The summed E-state index contributed by atoms with van der Waals surface area (Å²) in [6, 6.07) is 0. The molecule has 0 fully saturated rings. The molecule has 84 valence electrons. The van der Waals surface area contributed by atoms with E-state index in [1.807, 2.05) is 0 Å². The molecule has 1 heteroatoms. The normalized spacial score (nSPS) is 44.8. The number of hydrogen-bond acceptors (Lipinski definition) is 1. The first-order chi connectivity index (χ1) is 7.13. The third-order valence-electron chi connectivity index (χ3n) is 4.09. The van der Waals surface area contributed by atoms with Gasteiger partial charge in [0.2, 0.25) is 0 Å². The molecule has 1 nitrogen and oxygen atoms in total. The van der Waals surface area contributed by atoms with Crippen LogP contribution >= 0.6 is 0 Å². The van der Waals surface area contributed by atoms with Gasteiger partial charge < -0.3 is 5.11 Å². The molecule has 0 aromatic rings. The zero-order valence-electron chi connectivity index (χ0n) is 9.98. The molecule has 0 aliphatic heterocycles. The van der Waals surface area contributed by atoms with Crippen LogP contribution in [0.2, 0.25) is 0 Å². The van der Waals surface area contributed by atoms with E-state index in [0.29, 0.717) is 23.7 Å². The van der Waals surface area contributed by atoms with Crippen molar-refractivity contribution in [3.8, 4) is 0 Å². The van der Waals surface area contributed by atoms with E-state index in [4.69, 9.17) is 0 Å². The molecule has 0 aromatic carbocycles. The van der Waals surface area contributed by atoms with Crippen LogP contribution in [-0.2, 0) is 0 Å². The topological polar surface area (TPSA) is 20.2 Å². The van der Waals surface area contributed by atoms with Crippen molar-refractivity contribution >= 4 is 0 Å². The van der Waals surface area contributed by atoms with Gasteiger partial charge in [-0.15, -0.1) is 0 Å². The average molecular weight is 206 g/mol. The Labute approximate surface area is 92.9 Å². The van der Waals surface area contributed by atoms with Crippen LogP contribution in [0, 0.1) is 23.7 Å². The van der Waals surface area contributed by atoms with Gasteiger partial charge in [0.05, 0.1) is 6.10 Å². The van der Waals surface area contributed by atoms with E-state index in [2.05, 4.69) is 39.0 Å². The van der Waals surface area contributed by atoms with Crippen LogP contribution < -0.4 is 0 Å². The second kappa shape index (κ2) is 4.13. The summed E-state index contributed by atoms with van der Waals surface area (Å²) in [6.45, 7) is 6.70. The Morgan fingerprint density at radius 1 is 1.40 bits per heavy atom. The molecule has 0 saturated carbocycles. The molecule has 2 aliphatic rings. The first-order valence-corrected chi connectivity index (χ1v) is 6.21. The van der Waals surface area contributed by atoms with Crippen LogP contribution in [-0.4, -0.2) is 11.2 Å². The molecule has 0 bridgehead atoms. The number of rotatable bonds is 1. The largest absolute Gasteiger partial charge is 0.392 e. The molecule has 0 saturated heterocycles. The molecular weight excluding hydrogens is 184 g/mol. The van der Waals surface area contributed by atoms with Gasteiger partial charge >= 0.3 is 0 Å². The van der Waals surface area contributed by atoms with Crippen LogP contribution in [0.3, 0.4) is 0 Å². The van der Waals surface area contributed by atoms with Gasteiger partial charge in [0.15, 0.2) is 0 Å². The van der Waals surface area contributed by atoms with Crippen molar-refractivity contribution in [3.05, 3.63) is 23.8 Å². The van der Waals surface area contributed by atoms with Crippen LogP contribution in [0.5, 0.6) is 0 Å². The third kappa shape index (κ3) is 1.90. The minimum Gasteiger partial charge on any atom is -0.392 e. The van der Waals surface area contributed by atoms with Crippen LogP contribution in [0.1, 0.15) is 33.6 Å². The molecule has 15 heavy (non-hydrogen) atoms. The minimum atomic E-state index is -0.127. The highest BCUT2D eigenvalue weighted by atomic mass is 16.3. The third-order valence-corrected chi connectivity index (χ3v) is 4.09. The average Bonchev–Trinajstić information content (AvgIpc) is 2.18. The van der Waals surface area contributed by atoms with Crippen molar-refractivity contribution in [3.63, 3.8) is 0 Å². The van der Waals surface area contributed by atoms with Crippen molar-refractivity contribution in [1.29, 1.82) is 0 Å². The molecule has 2 rings (SSSR count). The van der Waals surface area contributed by atoms with Gasteiger partial charge in [-0.2, -0.15) is 0 Å². The lowest BCUT2D eigenvalue weighted by atomic mass is 9.66. The zero-order chi connectivity index (χ0) is 11.0. The zero-order valence-corrected chi connectivity index (χ0v) is 9.98. The van der Waals surface area contributed by atoms with Gasteiger partial charge in [0.25, 0.3) is 0 Å². The molecule has 0 aromatic heterocycles. The fourth-order valence-corrected chi connectivity index (χ4v) is 3.31. The summed E-state index contributed by atoms with van der Waals surface area (Å²) in [4.78, 5) is 0. The lowest BCUT2D eigenvalue weighted by Gasteiger charge is -2.41. The van der Waals surface area contributed by atoms with Crippen molar-refractivity contribution < 1.29 is 5.11 Å². The van der Waals surface area contributed by atoms with Crippen molar-refractivity contribution in [1.82, 2.24) is 0 Å². The van der Waals surface area contributed by atoms with E-state index in [1.165, 1.54) is 12.0 Å². The van der Waals surface area contributed by atoms with E-state index >= 15 is 0 Å². The van der Waals surface area contributed by atoms with Gasteiger partial charge in [-0.3, -0.25) is 0 Å². The summed E-state index contributed by atoms with van der Waals surface area (Å²) in [7, 11) is 0. The second-order valence-electron chi connectivity index (χ2n) is 5.26. The number of aliphatic hydroxyl groups is 1. The van der Waals surface area contributed by atoms with E-state index in [-0.39, 0.29) is 6.10 Å². The summed E-state index contributed by atoms with van der Waals surface area (Å²) >= 11 is 0. The van der Waals surface area contributed by atoms with Gasteiger partial charge in [-0.25, -0.2) is 0 Å². The molecule has 5 atom stereocenters. The van der Waals surface area contributed by atoms with Gasteiger partial charge in [-0.1, -0.05) is 45.4 Å². The Bertz CT molecular complexity index is 290. The maximum atomic E-state index is 10.2. The highest BCUT2D eigenvalue weighted by molar-refractivity contribution is 5.31. The lowest BCUT2D eigenvalue weighted by Crippen LogP contribution is -2.37. The number of fused-ring (bicyclic) bond motifs is 1. The summed E-state index contributed by atoms with van der Waals surface area (Å²) in [5.41, 5.74) is 1.38. The summed E-state index contributed by atoms with van der Waals surface area (Å²) in [5, 5.41) is 10.2. The Kier molecular flexibility index (Phi) is 3.01. The SMILES string of the molecule is CC[C@@H]1C2C(=CC(C)C[C@@H]2O)C=C[C@@H]1C. The summed E-state index contributed by atoms with van der Waals surface area (Å²) in [5.74, 6) is 2.16. The highest BCUT2D eigenvalue weighted by Crippen LogP contribution is 2.42. The molecule has 1 N–H and O–H groups in total. The molecule has 2 unspecified atom stereocenters. The second-order valence-corrected chi connectivity index (χ2v) is 5.26. The Morgan fingerprint density at radius 3 is 2.80 bits per heavy atom. The first-order valence-electron chi connectivity index (χ1n) is 6.21. The monoisotopic (exact) mass is 206 g/mol. The number of aliphatic hydroxyl groups excluding tert-OH is 1. The maximum Gasteiger partial charge on any atom is 0.0617 e. The van der Waals surface area contributed by atoms with Gasteiger partial charge in [0.1, 0.15) is 0 Å². The molecule has 0 amide bonds. The predicted molar refractivity (Wildman–Crippen MR) is 63.4 cm³/mol. The maximum absolute atomic E-state index is 10.2. The van der Waals surface area contributed by atoms with Crippen molar-refractivity contribution in [2.45, 2.75) is 39.7 Å². The summed E-state index contributed by atoms with van der Waals surface area (Å²) in [6.07, 6.45) is 8.87. The van der Waals surface area contributed by atoms with E-state index < -0.39 is 0 Å². The van der Waals surface area contributed by atoms with Crippen molar-refractivity contribution in [2.24, 2.45) is 23.7 Å². The van der Waals surface area contributed by atoms with E-state index in [1.54, 1.807) is 0 Å². The van der Waals surface area contributed by atoms with E-state index in [0.717, 1.165) is 6.42 Å². The molecule has 0 spiro atoms. The lowest BCUT2D eigenvalue weighted by molar-refractivity contribution is 0.0550. The standard InChI is InChI=1S/C14H22O/c1-4-12-10(3)5-6-11-7-9(2)8-13(15)14(11)12/h5-7,9-10,12-15H,4,8H2,1-3H3/t9?,10-,12-,13-,14?/m0/s1. The fraction of sp³-hybridized carbons (Fsp3) is 0.714. The summed E-state index contributed by atoms with van der Waals surface area (Å²) < 4.78 is 0. The van der Waals surface area contributed by atoms with Crippen LogP contribution in [0.4, 0.5) is 0 Å². The fourth-order valence-electron chi connectivity index (χ4n) is 3.31. The molecular formula is C14H22O. The minimum absolute atomic E-state index is 0.127. The van der Waals surface area contributed by atoms with Crippen LogP contribution in [0.15, 0.2) is 23.8 Å². The Balaban J connectivity index is 2.33.